The standard InChI is InChI=1S/C33H37FN6O4/c1-14-12-18(13-15(2)27(14)34)40-28(20-16(3)37(9-8-19(20)36-40)30(43)44-31(5,6)7)38-10-11-39(29(38)42)33-24-21-25(33)23-26(33)22(24)32(21,23)35-17(4)41/h10-13,16,21-26H,8-9H2,1-7H3,(H,35,41)/t16-,21?,22?,23?,24?,25?,26?,32?,33?/m0/s1. The first kappa shape index (κ1) is 26.5. The fourth-order valence-corrected chi connectivity index (χ4v) is 11.0. The highest BCUT2D eigenvalue weighted by molar-refractivity contribution is 5.77. The lowest BCUT2D eigenvalue weighted by molar-refractivity contribution is -0.612. The van der Waals surface area contributed by atoms with Gasteiger partial charge in [-0.25, -0.2) is 18.7 Å². The van der Waals surface area contributed by atoms with Crippen molar-refractivity contribution in [3.05, 3.63) is 63.2 Å². The van der Waals surface area contributed by atoms with Crippen LogP contribution in [0.3, 0.4) is 0 Å². The third-order valence-corrected chi connectivity index (χ3v) is 12.1. The molecule has 0 bridgehead atoms. The summed E-state index contributed by atoms with van der Waals surface area (Å²) in [7, 11) is 0. The largest absolute Gasteiger partial charge is 0.444 e. The van der Waals surface area contributed by atoms with Crippen molar-refractivity contribution in [2.45, 2.75) is 77.6 Å². The molecule has 11 heteroatoms. The van der Waals surface area contributed by atoms with Crippen molar-refractivity contribution in [3.63, 3.8) is 0 Å². The van der Waals surface area contributed by atoms with Crippen LogP contribution >= 0.6 is 0 Å². The molecule has 0 spiro atoms. The number of nitrogens with zero attached hydrogens (tertiary/aromatic N) is 5. The highest BCUT2D eigenvalue weighted by Gasteiger charge is 3.11. The minimum atomic E-state index is -0.648. The molecule has 0 saturated heterocycles. The third-order valence-electron chi connectivity index (χ3n) is 12.1. The average molecular weight is 601 g/mol. The van der Waals surface area contributed by atoms with Gasteiger partial charge in [0.2, 0.25) is 5.91 Å². The maximum Gasteiger partial charge on any atom is 0.410 e. The van der Waals surface area contributed by atoms with Gasteiger partial charge in [-0.1, -0.05) is 0 Å². The van der Waals surface area contributed by atoms with Gasteiger partial charge in [0.25, 0.3) is 0 Å². The molecule has 2 aromatic heterocycles. The van der Waals surface area contributed by atoms with Crippen molar-refractivity contribution in [3.8, 4) is 11.5 Å². The number of aromatic nitrogens is 4. The molecule has 6 fully saturated rings. The number of amides is 2. The molecule has 1 N–H and O–H groups in total. The number of carbonyl (C=O) groups is 2. The van der Waals surface area contributed by atoms with Crippen LogP contribution in [0.4, 0.5) is 9.18 Å². The SMILES string of the molecule is CC(=O)NC12C3C4C1C1C2C3C41n1ccn(-c2c3c(nn2-c2cc(C)c(F)c(C)c2)CCN(C(=O)OC(C)(C)C)[C@H]3C)c1=O. The van der Waals surface area contributed by atoms with E-state index >= 15 is 0 Å². The molecule has 2 amide bonds. The van der Waals surface area contributed by atoms with Gasteiger partial charge >= 0.3 is 11.8 Å². The number of ether oxygens (including phenoxy) is 1. The van der Waals surface area contributed by atoms with Crippen molar-refractivity contribution in [2.75, 3.05) is 6.54 Å². The molecule has 0 radical (unpaired) electrons. The number of nitrogens with one attached hydrogen (secondary N) is 1. The zero-order valence-electron chi connectivity index (χ0n) is 26.0. The summed E-state index contributed by atoms with van der Waals surface area (Å²) in [5, 5.41) is 8.27. The molecule has 10 rings (SSSR count). The third kappa shape index (κ3) is 2.60. The lowest BCUT2D eigenvalue weighted by Crippen LogP contribution is -3.17. The molecule has 7 aliphatic rings. The summed E-state index contributed by atoms with van der Waals surface area (Å²) in [6.07, 6.45) is 3.83. The van der Waals surface area contributed by atoms with Gasteiger partial charge in [0.15, 0.2) is 0 Å². The molecule has 3 heterocycles. The van der Waals surface area contributed by atoms with E-state index in [4.69, 9.17) is 9.84 Å². The van der Waals surface area contributed by atoms with Gasteiger partial charge in [-0.15, -0.1) is 0 Å². The van der Waals surface area contributed by atoms with Crippen LogP contribution in [-0.2, 0) is 21.5 Å². The second-order valence-electron chi connectivity index (χ2n) is 15.1. The maximum atomic E-state index is 14.7. The fraction of sp³-hybridized carbons (Fsp3) is 0.576. The first-order valence-corrected chi connectivity index (χ1v) is 15.7. The Balaban J connectivity index is 1.15. The normalized spacial score (nSPS) is 36.2. The van der Waals surface area contributed by atoms with E-state index in [9.17, 15) is 18.8 Å². The Labute approximate surface area is 254 Å². The molecule has 1 aliphatic heterocycles. The van der Waals surface area contributed by atoms with E-state index in [1.807, 2.05) is 44.7 Å². The zero-order valence-corrected chi connectivity index (χ0v) is 26.0. The lowest BCUT2D eigenvalue weighted by Gasteiger charge is -3.10. The molecule has 0 unspecified atom stereocenters. The van der Waals surface area contributed by atoms with E-state index in [-0.39, 0.29) is 28.5 Å². The smallest absolute Gasteiger partial charge is 0.410 e. The van der Waals surface area contributed by atoms with Gasteiger partial charge < -0.3 is 15.0 Å². The Hall–Kier alpha value is -3.89. The fourth-order valence-electron chi connectivity index (χ4n) is 11.0. The van der Waals surface area contributed by atoms with Gasteiger partial charge in [-0.05, 0) is 100 Å². The molecular formula is C33H37FN6O4. The van der Waals surface area contributed by atoms with E-state index in [2.05, 4.69) is 5.32 Å². The van der Waals surface area contributed by atoms with Crippen LogP contribution in [0, 0.1) is 55.2 Å². The van der Waals surface area contributed by atoms with Crippen LogP contribution in [0.5, 0.6) is 0 Å². The predicted octanol–water partition coefficient (Wildman–Crippen LogP) is 3.77. The van der Waals surface area contributed by atoms with E-state index in [1.165, 1.54) is 0 Å². The number of benzene rings is 1. The molecule has 10 nitrogen and oxygen atoms in total. The number of aryl methyl sites for hydroxylation is 2. The van der Waals surface area contributed by atoms with Gasteiger partial charge in [0.1, 0.15) is 17.2 Å². The Morgan fingerprint density at radius 2 is 1.66 bits per heavy atom. The zero-order chi connectivity index (χ0) is 31.0. The summed E-state index contributed by atoms with van der Waals surface area (Å²) in [6.45, 7) is 13.0. The van der Waals surface area contributed by atoms with E-state index < -0.39 is 17.7 Å². The first-order chi connectivity index (χ1) is 20.7. The van der Waals surface area contributed by atoms with Crippen LogP contribution in [-0.4, -0.2) is 53.5 Å². The number of rotatable bonds is 4. The first-order valence-electron chi connectivity index (χ1n) is 15.7. The van der Waals surface area contributed by atoms with Crippen LogP contribution in [0.25, 0.3) is 11.5 Å². The highest BCUT2D eigenvalue weighted by atomic mass is 19.1. The van der Waals surface area contributed by atoms with Gasteiger partial charge in [-0.3, -0.25) is 13.9 Å². The van der Waals surface area contributed by atoms with Crippen molar-refractivity contribution in [1.29, 1.82) is 0 Å². The van der Waals surface area contributed by atoms with Gasteiger partial charge in [0.05, 0.1) is 28.5 Å². The van der Waals surface area contributed by atoms with Crippen molar-refractivity contribution in [1.82, 2.24) is 29.1 Å². The number of fused-ring (bicyclic) bond motifs is 1. The highest BCUT2D eigenvalue weighted by Crippen LogP contribution is 3.05. The van der Waals surface area contributed by atoms with Gasteiger partial charge in [-0.2, -0.15) is 5.10 Å². The molecule has 6 aliphatic carbocycles. The van der Waals surface area contributed by atoms with Crippen molar-refractivity contribution >= 4 is 12.0 Å². The average Bonchev–Trinajstić information content (AvgIpc) is 3.51. The number of halogens is 1. The molecule has 1 atom stereocenters. The number of hydrogen-bond donors (Lipinski definition) is 1. The molecule has 44 heavy (non-hydrogen) atoms. The summed E-state index contributed by atoms with van der Waals surface area (Å²) in [5.41, 5.74) is 2.32. The number of carbonyl (C=O) groups excluding carboxylic acids is 2. The summed E-state index contributed by atoms with van der Waals surface area (Å²) in [4.78, 5) is 41.4. The Morgan fingerprint density at radius 3 is 2.23 bits per heavy atom. The van der Waals surface area contributed by atoms with Crippen molar-refractivity contribution < 1.29 is 18.7 Å². The molecule has 6 saturated carbocycles. The minimum Gasteiger partial charge on any atom is -0.444 e. The van der Waals surface area contributed by atoms with E-state index in [1.54, 1.807) is 47.1 Å². The lowest BCUT2D eigenvalue weighted by atomic mass is 8.96. The summed E-state index contributed by atoms with van der Waals surface area (Å²) in [5.74, 6) is 3.09. The van der Waals surface area contributed by atoms with Crippen LogP contribution in [0.15, 0.2) is 29.3 Å². The van der Waals surface area contributed by atoms with Gasteiger partial charge in [0, 0.05) is 37.8 Å². The van der Waals surface area contributed by atoms with Crippen LogP contribution in [0.2, 0.25) is 0 Å². The molecular weight excluding hydrogens is 563 g/mol. The Bertz CT molecular complexity index is 1830. The maximum absolute atomic E-state index is 14.7. The quantitative estimate of drug-likeness (QED) is 0.491. The second-order valence-corrected chi connectivity index (χ2v) is 15.1. The number of imidazole rings is 1. The molecule has 3 aromatic rings. The van der Waals surface area contributed by atoms with E-state index in [0.29, 0.717) is 71.1 Å². The summed E-state index contributed by atoms with van der Waals surface area (Å²) < 4.78 is 25.8. The van der Waals surface area contributed by atoms with Crippen LogP contribution in [0.1, 0.15) is 63.0 Å². The molecule has 230 valence electrons. The minimum absolute atomic E-state index is 0.00366. The Morgan fingerprint density at radius 1 is 1.05 bits per heavy atom. The number of hydrogen-bond acceptors (Lipinski definition) is 5. The van der Waals surface area contributed by atoms with Crippen molar-refractivity contribution in [2.24, 2.45) is 35.5 Å². The summed E-state index contributed by atoms with van der Waals surface area (Å²) >= 11 is 0. The monoisotopic (exact) mass is 600 g/mol. The molecule has 1 aromatic carbocycles. The van der Waals surface area contributed by atoms with Crippen LogP contribution < -0.4 is 11.0 Å². The summed E-state index contributed by atoms with van der Waals surface area (Å²) in [6, 6.07) is 3.10. The second kappa shape index (κ2) is 7.66. The topological polar surface area (TPSA) is 103 Å². The Kier molecular flexibility index (Phi) is 4.61. The van der Waals surface area contributed by atoms with E-state index in [0.717, 1.165) is 11.3 Å². The predicted molar refractivity (Wildman–Crippen MR) is 157 cm³/mol.